The van der Waals surface area contributed by atoms with Gasteiger partial charge < -0.3 is 19.7 Å². The van der Waals surface area contributed by atoms with Gasteiger partial charge in [0.1, 0.15) is 5.75 Å². The summed E-state index contributed by atoms with van der Waals surface area (Å²) < 4.78 is 38.2. The van der Waals surface area contributed by atoms with E-state index in [2.05, 4.69) is 0 Å². The fourth-order valence-corrected chi connectivity index (χ4v) is 3.33. The van der Waals surface area contributed by atoms with Crippen molar-refractivity contribution in [3.8, 4) is 5.75 Å². The molecule has 4 nitrogen and oxygen atoms in total. The summed E-state index contributed by atoms with van der Waals surface area (Å²) >= 11 is 0. The number of hydrogen-bond acceptors (Lipinski definition) is 4. The third-order valence-electron chi connectivity index (χ3n) is 4.43. The Bertz CT molecular complexity index is 549. The Labute approximate surface area is 133 Å². The molecule has 1 saturated heterocycles. The second-order valence-corrected chi connectivity index (χ2v) is 6.13. The number of aliphatic hydroxyl groups is 2. The van der Waals surface area contributed by atoms with Gasteiger partial charge in [0.25, 0.3) is 5.92 Å². The van der Waals surface area contributed by atoms with E-state index in [1.54, 1.807) is 30.3 Å². The van der Waals surface area contributed by atoms with Crippen LogP contribution >= 0.6 is 0 Å². The predicted molar refractivity (Wildman–Crippen MR) is 79.1 cm³/mol. The number of alkyl halides is 2. The zero-order chi connectivity index (χ0) is 16.4. The van der Waals surface area contributed by atoms with E-state index in [9.17, 15) is 19.0 Å². The van der Waals surface area contributed by atoms with Gasteiger partial charge in [-0.25, -0.2) is 0 Å². The molecule has 0 spiro atoms. The highest BCUT2D eigenvalue weighted by molar-refractivity contribution is 5.21. The van der Waals surface area contributed by atoms with Gasteiger partial charge in [-0.15, -0.1) is 0 Å². The normalized spacial score (nSPS) is 34.0. The van der Waals surface area contributed by atoms with Crippen LogP contribution in [-0.4, -0.2) is 41.2 Å². The van der Waals surface area contributed by atoms with Crippen LogP contribution in [0.4, 0.5) is 8.78 Å². The van der Waals surface area contributed by atoms with Gasteiger partial charge in [-0.3, -0.25) is 0 Å². The van der Waals surface area contributed by atoms with Gasteiger partial charge in [0.2, 0.25) is 0 Å². The maximum Gasteiger partial charge on any atom is 0.299 e. The number of hydrogen-bond donors (Lipinski definition) is 2. The molecule has 0 radical (unpaired) electrons. The first kappa shape index (κ1) is 16.4. The summed E-state index contributed by atoms with van der Waals surface area (Å²) in [5.41, 5.74) is 0. The zero-order valence-corrected chi connectivity index (χ0v) is 12.5. The van der Waals surface area contributed by atoms with E-state index in [4.69, 9.17) is 9.47 Å². The van der Waals surface area contributed by atoms with Crippen LogP contribution < -0.4 is 4.74 Å². The van der Waals surface area contributed by atoms with Gasteiger partial charge in [-0.05, 0) is 24.1 Å². The molecule has 0 aromatic heterocycles. The average Bonchev–Trinajstić information content (AvgIpc) is 2.99. The minimum Gasteiger partial charge on any atom is -0.487 e. The van der Waals surface area contributed by atoms with Crippen LogP contribution in [0.15, 0.2) is 42.5 Å². The van der Waals surface area contributed by atoms with Gasteiger partial charge in [-0.1, -0.05) is 24.3 Å². The largest absolute Gasteiger partial charge is 0.487 e. The highest BCUT2D eigenvalue weighted by Crippen LogP contribution is 2.43. The van der Waals surface area contributed by atoms with Crippen molar-refractivity contribution >= 4 is 0 Å². The lowest BCUT2D eigenvalue weighted by atomic mass is 9.91. The molecular weight excluding hydrogens is 306 g/mol. The van der Waals surface area contributed by atoms with Crippen molar-refractivity contribution in [2.24, 2.45) is 11.8 Å². The lowest BCUT2D eigenvalue weighted by molar-refractivity contribution is -0.0949. The van der Waals surface area contributed by atoms with Crippen LogP contribution in [0.5, 0.6) is 5.75 Å². The average molecular weight is 326 g/mol. The molecule has 1 aliphatic heterocycles. The molecule has 6 heteroatoms. The van der Waals surface area contributed by atoms with Crippen molar-refractivity contribution in [3.05, 3.63) is 42.5 Å². The van der Waals surface area contributed by atoms with Gasteiger partial charge in [-0.2, -0.15) is 8.78 Å². The minimum atomic E-state index is -3.13. The molecule has 126 valence electrons. The van der Waals surface area contributed by atoms with Crippen LogP contribution in [0.2, 0.25) is 0 Å². The molecule has 1 heterocycles. The van der Waals surface area contributed by atoms with E-state index in [1.165, 1.54) is 6.08 Å². The molecule has 2 aliphatic rings. The Hall–Kier alpha value is -1.50. The highest BCUT2D eigenvalue weighted by atomic mass is 19.3. The number of benzene rings is 1. The Kier molecular flexibility index (Phi) is 4.66. The maximum absolute atomic E-state index is 13.9. The lowest BCUT2D eigenvalue weighted by Crippen LogP contribution is -2.25. The van der Waals surface area contributed by atoms with E-state index in [-0.39, 0.29) is 12.0 Å². The molecule has 1 aliphatic carbocycles. The highest BCUT2D eigenvalue weighted by Gasteiger charge is 2.48. The van der Waals surface area contributed by atoms with Crippen molar-refractivity contribution in [1.82, 2.24) is 0 Å². The molecule has 2 N–H and O–H groups in total. The second-order valence-electron chi connectivity index (χ2n) is 6.13. The first-order valence-electron chi connectivity index (χ1n) is 7.71. The third-order valence-corrected chi connectivity index (χ3v) is 4.43. The predicted octanol–water partition coefficient (Wildman–Crippen LogP) is 2.36. The van der Waals surface area contributed by atoms with Gasteiger partial charge in [0.05, 0.1) is 12.2 Å². The first-order chi connectivity index (χ1) is 10.9. The number of rotatable bonds is 5. The zero-order valence-electron chi connectivity index (χ0n) is 12.5. The van der Waals surface area contributed by atoms with Crippen LogP contribution in [0, 0.1) is 11.8 Å². The number of halogens is 2. The van der Waals surface area contributed by atoms with E-state index >= 15 is 0 Å². The van der Waals surface area contributed by atoms with E-state index < -0.39 is 30.8 Å². The maximum atomic E-state index is 13.9. The second kappa shape index (κ2) is 6.55. The van der Waals surface area contributed by atoms with Crippen LogP contribution in [-0.2, 0) is 4.74 Å². The number of fused-ring (bicyclic) bond motifs is 1. The topological polar surface area (TPSA) is 58.9 Å². The van der Waals surface area contributed by atoms with Crippen molar-refractivity contribution < 1.29 is 28.5 Å². The van der Waals surface area contributed by atoms with Crippen molar-refractivity contribution in [1.29, 1.82) is 0 Å². The molecule has 5 atom stereocenters. The van der Waals surface area contributed by atoms with Crippen molar-refractivity contribution in [3.63, 3.8) is 0 Å². The molecular formula is C17H20F2O4. The Morgan fingerprint density at radius 3 is 2.70 bits per heavy atom. The number of aliphatic hydroxyl groups excluding tert-OH is 2. The summed E-state index contributed by atoms with van der Waals surface area (Å²) in [6, 6.07) is 8.43. The molecule has 2 fully saturated rings. The van der Waals surface area contributed by atoms with E-state index in [1.807, 2.05) is 0 Å². The van der Waals surface area contributed by atoms with Crippen molar-refractivity contribution in [2.75, 3.05) is 6.61 Å². The Balaban J connectivity index is 1.59. The van der Waals surface area contributed by atoms with Crippen molar-refractivity contribution in [2.45, 2.75) is 37.3 Å². The SMILES string of the molecule is OC1CC2[C@H](C[C@@H](O)[C@@H]2/C=C/C(F)(F)COc2ccccc2)O1. The summed E-state index contributed by atoms with van der Waals surface area (Å²) in [6.07, 6.45) is 1.01. The Morgan fingerprint density at radius 2 is 1.96 bits per heavy atom. The smallest absolute Gasteiger partial charge is 0.299 e. The van der Waals surface area contributed by atoms with Crippen LogP contribution in [0.3, 0.4) is 0 Å². The number of para-hydroxylation sites is 1. The molecule has 1 aromatic rings. The lowest BCUT2D eigenvalue weighted by Gasteiger charge is -2.18. The fourth-order valence-electron chi connectivity index (χ4n) is 3.33. The summed E-state index contributed by atoms with van der Waals surface area (Å²) in [4.78, 5) is 0. The van der Waals surface area contributed by atoms with Gasteiger partial charge in [0.15, 0.2) is 12.9 Å². The number of ether oxygens (including phenoxy) is 2. The quantitative estimate of drug-likeness (QED) is 0.816. The van der Waals surface area contributed by atoms with Gasteiger partial charge >= 0.3 is 0 Å². The fraction of sp³-hybridized carbons (Fsp3) is 0.529. The van der Waals surface area contributed by atoms with Gasteiger partial charge in [0, 0.05) is 18.8 Å². The van der Waals surface area contributed by atoms with E-state index in [0.29, 0.717) is 18.6 Å². The van der Waals surface area contributed by atoms with Crippen LogP contribution in [0.1, 0.15) is 12.8 Å². The molecule has 1 aromatic carbocycles. The minimum absolute atomic E-state index is 0.123. The molecule has 0 bridgehead atoms. The summed E-state index contributed by atoms with van der Waals surface area (Å²) in [7, 11) is 0. The summed E-state index contributed by atoms with van der Waals surface area (Å²) in [6.45, 7) is -0.760. The molecule has 0 amide bonds. The molecule has 1 saturated carbocycles. The Morgan fingerprint density at radius 1 is 1.22 bits per heavy atom. The molecule has 23 heavy (non-hydrogen) atoms. The summed E-state index contributed by atoms with van der Waals surface area (Å²) in [5.74, 6) is -3.30. The molecule has 2 unspecified atom stereocenters. The van der Waals surface area contributed by atoms with Crippen LogP contribution in [0.25, 0.3) is 0 Å². The summed E-state index contributed by atoms with van der Waals surface area (Å²) in [5, 5.41) is 19.5. The standard InChI is InChI=1S/C17H20F2O4/c18-17(19,10-22-11-4-2-1-3-5-11)7-6-12-13-8-16(21)23-15(13)9-14(12)20/h1-7,12-16,20-21H,8-10H2/b7-6+/t12-,13?,14-,15+,16?/m1/s1. The molecule has 3 rings (SSSR count). The first-order valence-corrected chi connectivity index (χ1v) is 7.71. The van der Waals surface area contributed by atoms with E-state index in [0.717, 1.165) is 6.08 Å². The third kappa shape index (κ3) is 3.88. The monoisotopic (exact) mass is 326 g/mol.